The number of furan rings is 1. The first-order valence-electron chi connectivity index (χ1n) is 9.62. The molecule has 2 aliphatic rings. The largest absolute Gasteiger partial charge is 0.493 e. The lowest BCUT2D eigenvalue weighted by Crippen LogP contribution is -2.45. The number of methoxy groups -OCH3 is 2. The maximum Gasteiger partial charge on any atom is 0.161 e. The lowest BCUT2D eigenvalue weighted by Gasteiger charge is -2.46. The van der Waals surface area contributed by atoms with E-state index in [2.05, 4.69) is 52.7 Å². The second-order valence-electron chi connectivity index (χ2n) is 7.38. The van der Waals surface area contributed by atoms with Crippen LogP contribution in [0.5, 0.6) is 11.5 Å². The zero-order valence-corrected chi connectivity index (χ0v) is 16.4. The van der Waals surface area contributed by atoms with Crippen LogP contribution >= 0.6 is 0 Å². The molecule has 0 saturated heterocycles. The number of hydrogen-bond donors (Lipinski definition) is 1. The second-order valence-corrected chi connectivity index (χ2v) is 7.38. The van der Waals surface area contributed by atoms with Gasteiger partial charge in [-0.05, 0) is 60.4 Å². The molecule has 2 aliphatic heterocycles. The van der Waals surface area contributed by atoms with Gasteiger partial charge in [0.05, 0.1) is 20.3 Å². The van der Waals surface area contributed by atoms with E-state index in [9.17, 15) is 0 Å². The van der Waals surface area contributed by atoms with Crippen LogP contribution in [0.1, 0.15) is 40.4 Å². The average Bonchev–Trinajstić information content (AvgIpc) is 3.17. The number of hydrogen-bond acceptors (Lipinski definition) is 5. The molecule has 0 spiro atoms. The molecule has 1 N–H and O–H groups in total. The fourth-order valence-electron chi connectivity index (χ4n) is 4.52. The van der Waals surface area contributed by atoms with Crippen molar-refractivity contribution in [3.05, 3.63) is 76.7 Å². The Balaban J connectivity index is 1.68. The minimum absolute atomic E-state index is 0.00477. The summed E-state index contributed by atoms with van der Waals surface area (Å²) in [6, 6.07) is 17.0. The normalized spacial score (nSPS) is 20.5. The number of aryl methyl sites for hydroxylation is 1. The van der Waals surface area contributed by atoms with Gasteiger partial charge in [-0.25, -0.2) is 0 Å². The molecule has 5 rings (SSSR count). The summed E-state index contributed by atoms with van der Waals surface area (Å²) in [6.07, 6.45) is 0.946. The Morgan fingerprint density at radius 1 is 1.00 bits per heavy atom. The summed E-state index contributed by atoms with van der Waals surface area (Å²) >= 11 is 0. The molecule has 2 atom stereocenters. The molecule has 0 unspecified atom stereocenters. The molecule has 28 heavy (non-hydrogen) atoms. The highest BCUT2D eigenvalue weighted by atomic mass is 16.5. The van der Waals surface area contributed by atoms with E-state index < -0.39 is 0 Å². The van der Waals surface area contributed by atoms with Crippen molar-refractivity contribution in [2.75, 3.05) is 26.1 Å². The number of ether oxygens (including phenoxy) is 2. The summed E-state index contributed by atoms with van der Waals surface area (Å²) < 4.78 is 17.1. The van der Waals surface area contributed by atoms with Gasteiger partial charge in [0, 0.05) is 12.2 Å². The van der Waals surface area contributed by atoms with Crippen LogP contribution in [0.25, 0.3) is 0 Å². The van der Waals surface area contributed by atoms with Crippen LogP contribution in [-0.2, 0) is 6.42 Å². The predicted octanol–water partition coefficient (Wildman–Crippen LogP) is 4.68. The van der Waals surface area contributed by atoms with E-state index in [1.807, 2.05) is 13.0 Å². The molecule has 3 heterocycles. The Hall–Kier alpha value is -2.92. The number of benzene rings is 2. The van der Waals surface area contributed by atoms with Crippen LogP contribution in [0.15, 0.2) is 52.9 Å². The van der Waals surface area contributed by atoms with Crippen LogP contribution in [-0.4, -0.2) is 25.7 Å². The van der Waals surface area contributed by atoms with Crippen molar-refractivity contribution >= 4 is 5.69 Å². The minimum atomic E-state index is -0.00477. The topological polar surface area (TPSA) is 46.9 Å². The summed E-state index contributed by atoms with van der Waals surface area (Å²) in [4.78, 5) is 2.48. The summed E-state index contributed by atoms with van der Waals surface area (Å²) in [6.45, 7) is 2.92. The van der Waals surface area contributed by atoms with Crippen molar-refractivity contribution in [2.24, 2.45) is 0 Å². The SMILES string of the molecule is COc1cc2c(cc1OC)[C@@H]1c3ccccc3N[C@@H](c3ccc(C)o3)N1CC2. The van der Waals surface area contributed by atoms with E-state index in [-0.39, 0.29) is 12.2 Å². The van der Waals surface area contributed by atoms with Gasteiger partial charge < -0.3 is 19.2 Å². The summed E-state index contributed by atoms with van der Waals surface area (Å²) in [7, 11) is 3.38. The highest BCUT2D eigenvalue weighted by Crippen LogP contribution is 2.48. The van der Waals surface area contributed by atoms with Gasteiger partial charge in [0.2, 0.25) is 0 Å². The van der Waals surface area contributed by atoms with Crippen molar-refractivity contribution < 1.29 is 13.9 Å². The lowest BCUT2D eigenvalue weighted by molar-refractivity contribution is 0.136. The van der Waals surface area contributed by atoms with Crippen molar-refractivity contribution in [3.8, 4) is 11.5 Å². The number of fused-ring (bicyclic) bond motifs is 5. The van der Waals surface area contributed by atoms with Crippen molar-refractivity contribution in [3.63, 3.8) is 0 Å². The Bertz CT molecular complexity index is 1030. The molecule has 0 bridgehead atoms. The van der Waals surface area contributed by atoms with Gasteiger partial charge in [-0.1, -0.05) is 18.2 Å². The Morgan fingerprint density at radius 2 is 1.79 bits per heavy atom. The maximum atomic E-state index is 6.01. The highest BCUT2D eigenvalue weighted by Gasteiger charge is 2.40. The zero-order valence-electron chi connectivity index (χ0n) is 16.4. The second kappa shape index (κ2) is 6.60. The number of anilines is 1. The van der Waals surface area contributed by atoms with E-state index in [0.29, 0.717) is 0 Å². The number of nitrogens with zero attached hydrogens (tertiary/aromatic N) is 1. The molecule has 0 fully saturated rings. The Morgan fingerprint density at radius 3 is 2.54 bits per heavy atom. The molecule has 3 aromatic rings. The molecule has 0 radical (unpaired) electrons. The highest BCUT2D eigenvalue weighted by molar-refractivity contribution is 5.61. The van der Waals surface area contributed by atoms with Gasteiger partial charge in [-0.15, -0.1) is 0 Å². The van der Waals surface area contributed by atoms with Crippen LogP contribution in [0.3, 0.4) is 0 Å². The lowest BCUT2D eigenvalue weighted by atomic mass is 9.85. The smallest absolute Gasteiger partial charge is 0.161 e. The van der Waals surface area contributed by atoms with Gasteiger partial charge in [0.25, 0.3) is 0 Å². The van der Waals surface area contributed by atoms with Crippen LogP contribution in [0, 0.1) is 6.92 Å². The van der Waals surface area contributed by atoms with Gasteiger partial charge in [-0.3, -0.25) is 4.90 Å². The minimum Gasteiger partial charge on any atom is -0.493 e. The van der Waals surface area contributed by atoms with Crippen LogP contribution in [0.2, 0.25) is 0 Å². The van der Waals surface area contributed by atoms with Gasteiger partial charge in [0.1, 0.15) is 17.7 Å². The first-order valence-corrected chi connectivity index (χ1v) is 9.62. The summed E-state index contributed by atoms with van der Waals surface area (Å²) in [5, 5.41) is 3.68. The van der Waals surface area contributed by atoms with E-state index in [1.54, 1.807) is 14.2 Å². The molecule has 1 aromatic heterocycles. The standard InChI is InChI=1S/C23H24N2O3/c1-14-8-9-19(28-14)23-24-18-7-5-4-6-16(18)22-17-13-21(27-3)20(26-2)12-15(17)10-11-25(22)23/h4-9,12-13,22-24H,10-11H2,1-3H3/t22-,23+/m0/s1. The first-order chi connectivity index (χ1) is 13.7. The van der Waals surface area contributed by atoms with Crippen molar-refractivity contribution in [1.82, 2.24) is 4.90 Å². The first kappa shape index (κ1) is 17.2. The fourth-order valence-corrected chi connectivity index (χ4v) is 4.52. The number of rotatable bonds is 3. The van der Waals surface area contributed by atoms with Crippen LogP contribution < -0.4 is 14.8 Å². The van der Waals surface area contributed by atoms with Crippen LogP contribution in [0.4, 0.5) is 5.69 Å². The van der Waals surface area contributed by atoms with Gasteiger partial charge in [0.15, 0.2) is 11.5 Å². The Labute approximate surface area is 164 Å². The number of para-hydroxylation sites is 1. The van der Waals surface area contributed by atoms with Crippen molar-refractivity contribution in [2.45, 2.75) is 25.6 Å². The third-order valence-corrected chi connectivity index (χ3v) is 5.82. The number of nitrogens with one attached hydrogen (secondary N) is 1. The predicted molar refractivity (Wildman–Crippen MR) is 108 cm³/mol. The van der Waals surface area contributed by atoms with E-state index in [4.69, 9.17) is 13.9 Å². The van der Waals surface area contributed by atoms with Gasteiger partial charge >= 0.3 is 0 Å². The molecule has 2 aromatic carbocycles. The van der Waals surface area contributed by atoms with Crippen molar-refractivity contribution in [1.29, 1.82) is 0 Å². The average molecular weight is 376 g/mol. The molecule has 144 valence electrons. The molecule has 0 amide bonds. The summed E-state index contributed by atoms with van der Waals surface area (Å²) in [5.74, 6) is 3.43. The van der Waals surface area contributed by atoms with Gasteiger partial charge in [-0.2, -0.15) is 0 Å². The zero-order chi connectivity index (χ0) is 19.3. The van der Waals surface area contributed by atoms with E-state index >= 15 is 0 Å². The molecule has 0 saturated carbocycles. The molecule has 0 aliphatic carbocycles. The monoisotopic (exact) mass is 376 g/mol. The third kappa shape index (κ3) is 2.58. The molecule has 5 nitrogen and oxygen atoms in total. The quantitative estimate of drug-likeness (QED) is 0.719. The summed E-state index contributed by atoms with van der Waals surface area (Å²) in [5.41, 5.74) is 5.00. The fraction of sp³-hybridized carbons (Fsp3) is 0.304. The van der Waals surface area contributed by atoms with E-state index in [0.717, 1.165) is 41.7 Å². The molecular formula is C23H24N2O3. The Kier molecular flexibility index (Phi) is 4.05. The molecule has 5 heteroatoms. The third-order valence-electron chi connectivity index (χ3n) is 5.82. The van der Waals surface area contributed by atoms with E-state index in [1.165, 1.54) is 16.7 Å². The molecular weight excluding hydrogens is 352 g/mol. The maximum absolute atomic E-state index is 6.01.